The van der Waals surface area contributed by atoms with Crippen LogP contribution in [0.25, 0.3) is 0 Å². The van der Waals surface area contributed by atoms with Gasteiger partial charge in [-0.15, -0.1) is 0 Å². The smallest absolute Gasteiger partial charge is 0.168 e. The Morgan fingerprint density at radius 3 is 2.50 bits per heavy atom. The number of hydrogen-bond donors (Lipinski definition) is 2. The Balaban J connectivity index is 2.37. The Labute approximate surface area is 109 Å². The highest BCUT2D eigenvalue weighted by molar-refractivity contribution is 5.30. The van der Waals surface area contributed by atoms with Crippen LogP contribution in [0.1, 0.15) is 39.0 Å². The van der Waals surface area contributed by atoms with E-state index in [1.807, 2.05) is 6.92 Å². The molecule has 2 aliphatic rings. The lowest BCUT2D eigenvalue weighted by atomic mass is 9.61. The number of rotatable bonds is 3. The minimum Gasteiger partial charge on any atom is -0.395 e. The molecule has 0 aromatic heterocycles. The fourth-order valence-corrected chi connectivity index (χ4v) is 3.64. The van der Waals surface area contributed by atoms with Gasteiger partial charge < -0.3 is 19.7 Å². The third-order valence-corrected chi connectivity index (χ3v) is 4.92. The topological polar surface area (TPSA) is 58.9 Å². The van der Waals surface area contributed by atoms with Crippen molar-refractivity contribution >= 4 is 0 Å². The molecule has 1 fully saturated rings. The van der Waals surface area contributed by atoms with Gasteiger partial charge in [0.15, 0.2) is 5.79 Å². The van der Waals surface area contributed by atoms with Crippen molar-refractivity contribution in [3.05, 3.63) is 11.1 Å². The summed E-state index contributed by atoms with van der Waals surface area (Å²) in [6.07, 6.45) is 3.43. The minimum atomic E-state index is -0.588. The fourth-order valence-electron chi connectivity index (χ4n) is 3.64. The van der Waals surface area contributed by atoms with Crippen molar-refractivity contribution < 1.29 is 19.7 Å². The molecular formula is C14H24O4. The van der Waals surface area contributed by atoms with Gasteiger partial charge in [0.1, 0.15) is 0 Å². The molecule has 104 valence electrons. The van der Waals surface area contributed by atoms with Crippen molar-refractivity contribution in [2.24, 2.45) is 5.41 Å². The van der Waals surface area contributed by atoms with Crippen LogP contribution in [0.5, 0.6) is 0 Å². The first-order chi connectivity index (χ1) is 8.52. The molecular weight excluding hydrogens is 232 g/mol. The normalized spacial score (nSPS) is 35.5. The molecule has 4 nitrogen and oxygen atoms in total. The van der Waals surface area contributed by atoms with E-state index in [0.29, 0.717) is 12.8 Å². The quantitative estimate of drug-likeness (QED) is 0.595. The number of ether oxygens (including phenoxy) is 2. The van der Waals surface area contributed by atoms with E-state index in [1.165, 1.54) is 5.57 Å². The van der Waals surface area contributed by atoms with Crippen molar-refractivity contribution in [2.45, 2.75) is 50.9 Å². The summed E-state index contributed by atoms with van der Waals surface area (Å²) >= 11 is 0. The zero-order valence-corrected chi connectivity index (χ0v) is 11.5. The van der Waals surface area contributed by atoms with Crippen LogP contribution in [-0.2, 0) is 9.47 Å². The van der Waals surface area contributed by atoms with E-state index in [4.69, 9.17) is 9.47 Å². The van der Waals surface area contributed by atoms with Crippen molar-refractivity contribution in [1.82, 2.24) is 0 Å². The maximum Gasteiger partial charge on any atom is 0.168 e. The average molecular weight is 256 g/mol. The highest BCUT2D eigenvalue weighted by Gasteiger charge is 2.50. The zero-order valence-electron chi connectivity index (χ0n) is 11.5. The van der Waals surface area contributed by atoms with Crippen LogP contribution in [0.3, 0.4) is 0 Å². The number of fused-ring (bicyclic) bond motifs is 1. The molecule has 1 saturated carbocycles. The highest BCUT2D eigenvalue weighted by atomic mass is 16.7. The lowest BCUT2D eigenvalue weighted by molar-refractivity contribution is -0.240. The molecule has 0 saturated heterocycles. The third kappa shape index (κ3) is 2.01. The van der Waals surface area contributed by atoms with Crippen molar-refractivity contribution in [1.29, 1.82) is 0 Å². The van der Waals surface area contributed by atoms with Gasteiger partial charge in [0.2, 0.25) is 0 Å². The first-order valence-electron chi connectivity index (χ1n) is 6.62. The molecule has 2 rings (SSSR count). The SMILES string of the molecule is COC1(OC)CCC2=C(C)C(O)CCC2(CO)C1. The van der Waals surface area contributed by atoms with Crippen LogP contribution < -0.4 is 0 Å². The summed E-state index contributed by atoms with van der Waals surface area (Å²) < 4.78 is 11.1. The predicted molar refractivity (Wildman–Crippen MR) is 68.1 cm³/mol. The van der Waals surface area contributed by atoms with E-state index in [9.17, 15) is 10.2 Å². The molecule has 0 aromatic rings. The van der Waals surface area contributed by atoms with Crippen LogP contribution in [0.2, 0.25) is 0 Å². The van der Waals surface area contributed by atoms with Crippen LogP contribution in [0, 0.1) is 5.41 Å². The van der Waals surface area contributed by atoms with Gasteiger partial charge in [-0.2, -0.15) is 0 Å². The van der Waals surface area contributed by atoms with Gasteiger partial charge in [0.05, 0.1) is 12.7 Å². The van der Waals surface area contributed by atoms with Gasteiger partial charge in [-0.25, -0.2) is 0 Å². The van der Waals surface area contributed by atoms with Gasteiger partial charge in [0, 0.05) is 32.5 Å². The number of aliphatic hydroxyl groups excluding tert-OH is 2. The van der Waals surface area contributed by atoms with Crippen molar-refractivity contribution in [2.75, 3.05) is 20.8 Å². The first-order valence-corrected chi connectivity index (χ1v) is 6.62. The molecule has 0 aliphatic heterocycles. The summed E-state index contributed by atoms with van der Waals surface area (Å²) in [5.74, 6) is -0.588. The van der Waals surface area contributed by atoms with E-state index in [2.05, 4.69) is 0 Å². The molecule has 2 aliphatic carbocycles. The molecule has 0 aromatic carbocycles. The van der Waals surface area contributed by atoms with Crippen LogP contribution in [-0.4, -0.2) is 42.9 Å². The number of methoxy groups -OCH3 is 2. The Hall–Kier alpha value is -0.420. The van der Waals surface area contributed by atoms with Gasteiger partial charge in [-0.3, -0.25) is 0 Å². The molecule has 0 radical (unpaired) electrons. The van der Waals surface area contributed by atoms with Gasteiger partial charge in [0.25, 0.3) is 0 Å². The number of aliphatic hydroxyl groups is 2. The Morgan fingerprint density at radius 2 is 1.94 bits per heavy atom. The maximum atomic E-state index is 9.97. The molecule has 0 amide bonds. The summed E-state index contributed by atoms with van der Waals surface area (Å²) in [5, 5.41) is 19.8. The summed E-state index contributed by atoms with van der Waals surface area (Å²) in [5.41, 5.74) is 1.98. The second kappa shape index (κ2) is 4.93. The Bertz CT molecular complexity index is 346. The van der Waals surface area contributed by atoms with Crippen LogP contribution in [0.4, 0.5) is 0 Å². The third-order valence-electron chi connectivity index (χ3n) is 4.92. The molecule has 2 atom stereocenters. The van der Waals surface area contributed by atoms with E-state index in [1.54, 1.807) is 14.2 Å². The largest absolute Gasteiger partial charge is 0.395 e. The maximum absolute atomic E-state index is 9.97. The molecule has 0 bridgehead atoms. The highest BCUT2D eigenvalue weighted by Crippen LogP contribution is 2.53. The minimum absolute atomic E-state index is 0.0981. The van der Waals surface area contributed by atoms with Crippen molar-refractivity contribution in [3.8, 4) is 0 Å². The Kier molecular flexibility index (Phi) is 3.83. The first kappa shape index (κ1) is 14.0. The van der Waals surface area contributed by atoms with Crippen molar-refractivity contribution in [3.63, 3.8) is 0 Å². The molecule has 18 heavy (non-hydrogen) atoms. The van der Waals surface area contributed by atoms with Gasteiger partial charge >= 0.3 is 0 Å². The second-order valence-corrected chi connectivity index (χ2v) is 5.65. The second-order valence-electron chi connectivity index (χ2n) is 5.65. The molecule has 0 heterocycles. The molecule has 2 unspecified atom stereocenters. The Morgan fingerprint density at radius 1 is 1.28 bits per heavy atom. The predicted octanol–water partition coefficient (Wildman–Crippen LogP) is 1.61. The van der Waals surface area contributed by atoms with Crippen LogP contribution >= 0.6 is 0 Å². The number of hydrogen-bond acceptors (Lipinski definition) is 4. The molecule has 0 spiro atoms. The lowest BCUT2D eigenvalue weighted by Gasteiger charge is -2.50. The van der Waals surface area contributed by atoms with E-state index >= 15 is 0 Å². The monoisotopic (exact) mass is 256 g/mol. The lowest BCUT2D eigenvalue weighted by Crippen LogP contribution is -2.49. The summed E-state index contributed by atoms with van der Waals surface area (Å²) in [7, 11) is 3.32. The average Bonchev–Trinajstić information content (AvgIpc) is 2.42. The molecule has 4 heteroatoms. The van der Waals surface area contributed by atoms with E-state index < -0.39 is 5.79 Å². The van der Waals surface area contributed by atoms with Crippen LogP contribution in [0.15, 0.2) is 11.1 Å². The summed E-state index contributed by atoms with van der Waals surface area (Å²) in [4.78, 5) is 0. The summed E-state index contributed by atoms with van der Waals surface area (Å²) in [6.45, 7) is 2.08. The van der Waals surface area contributed by atoms with Gasteiger partial charge in [-0.05, 0) is 31.8 Å². The molecule has 2 N–H and O–H groups in total. The fraction of sp³-hybridized carbons (Fsp3) is 0.857. The van der Waals surface area contributed by atoms with E-state index in [-0.39, 0.29) is 18.1 Å². The van der Waals surface area contributed by atoms with Gasteiger partial charge in [-0.1, -0.05) is 5.57 Å². The van der Waals surface area contributed by atoms with E-state index in [0.717, 1.165) is 24.8 Å². The zero-order chi connectivity index (χ0) is 13.4. The standard InChI is InChI=1S/C14H24O4/c1-10-11-4-7-14(17-2,18-3)8-13(11,9-15)6-5-12(10)16/h12,15-16H,4-9H2,1-3H3. The summed E-state index contributed by atoms with van der Waals surface area (Å²) in [6, 6.07) is 0.